The minimum atomic E-state index is -3.53. The maximum Gasteiger partial charge on any atom is 0.210 e. The van der Waals surface area contributed by atoms with Gasteiger partial charge in [-0.15, -0.1) is 0 Å². The Bertz CT molecular complexity index is 1050. The monoisotopic (exact) mass is 406 g/mol. The smallest absolute Gasteiger partial charge is 0.210 e. The molecule has 1 aliphatic heterocycles. The molecule has 1 aliphatic rings. The summed E-state index contributed by atoms with van der Waals surface area (Å²) >= 11 is 0. The van der Waals surface area contributed by atoms with Gasteiger partial charge >= 0.3 is 0 Å². The number of rotatable bonds is 5. The van der Waals surface area contributed by atoms with E-state index in [9.17, 15) is 17.2 Å². The molecule has 6 nitrogen and oxygen atoms in total. The van der Waals surface area contributed by atoms with E-state index < -0.39 is 32.5 Å². The Morgan fingerprint density at radius 1 is 1.14 bits per heavy atom. The maximum atomic E-state index is 13.6. The second-order valence-corrected chi connectivity index (χ2v) is 9.10. The number of benzene rings is 2. The summed E-state index contributed by atoms with van der Waals surface area (Å²) in [6.45, 7) is 3.20. The van der Waals surface area contributed by atoms with Gasteiger partial charge in [0.15, 0.2) is 9.84 Å². The van der Waals surface area contributed by atoms with Crippen LogP contribution in [-0.2, 0) is 15.6 Å². The van der Waals surface area contributed by atoms with Gasteiger partial charge in [0.05, 0.1) is 15.8 Å². The molecule has 1 atom stereocenters. The van der Waals surface area contributed by atoms with Crippen LogP contribution in [0.3, 0.4) is 0 Å². The molecule has 4 N–H and O–H groups in total. The van der Waals surface area contributed by atoms with E-state index in [-0.39, 0.29) is 10.5 Å². The van der Waals surface area contributed by atoms with Gasteiger partial charge in [-0.3, -0.25) is 5.73 Å². The highest BCUT2D eigenvalue weighted by Crippen LogP contribution is 2.28. The summed E-state index contributed by atoms with van der Waals surface area (Å²) in [6.07, 6.45) is 2.92. The fraction of sp³-hybridized carbons (Fsp3) is 0.211. The summed E-state index contributed by atoms with van der Waals surface area (Å²) in [4.78, 5) is 4.21. The third kappa shape index (κ3) is 3.90. The number of nitrogens with one attached hydrogen (secondary N) is 2. The first-order valence-electron chi connectivity index (χ1n) is 8.51. The fourth-order valence-corrected chi connectivity index (χ4v) is 3.92. The highest BCUT2D eigenvalue weighted by Gasteiger charge is 2.30. The fourth-order valence-electron chi connectivity index (χ4n) is 2.72. The Kier molecular flexibility index (Phi) is 5.22. The molecule has 0 aliphatic carbocycles. The Morgan fingerprint density at radius 2 is 1.79 bits per heavy atom. The van der Waals surface area contributed by atoms with E-state index in [4.69, 9.17) is 5.73 Å². The van der Waals surface area contributed by atoms with Gasteiger partial charge in [0.2, 0.25) is 5.79 Å². The quantitative estimate of drug-likeness (QED) is 0.710. The van der Waals surface area contributed by atoms with Crippen molar-refractivity contribution in [2.24, 2.45) is 10.7 Å². The van der Waals surface area contributed by atoms with E-state index in [0.717, 1.165) is 18.2 Å². The van der Waals surface area contributed by atoms with Gasteiger partial charge in [0.1, 0.15) is 17.5 Å². The van der Waals surface area contributed by atoms with Crippen LogP contribution in [0.5, 0.6) is 0 Å². The highest BCUT2D eigenvalue weighted by atomic mass is 32.2. The Balaban J connectivity index is 1.92. The lowest BCUT2D eigenvalue weighted by Crippen LogP contribution is -2.51. The van der Waals surface area contributed by atoms with Crippen LogP contribution in [0.4, 0.5) is 14.5 Å². The first-order chi connectivity index (χ1) is 13.1. The van der Waals surface area contributed by atoms with Crippen molar-refractivity contribution in [3.05, 3.63) is 71.6 Å². The van der Waals surface area contributed by atoms with E-state index in [0.29, 0.717) is 11.5 Å². The molecule has 28 heavy (non-hydrogen) atoms. The first kappa shape index (κ1) is 20.0. The average molecular weight is 406 g/mol. The van der Waals surface area contributed by atoms with Crippen LogP contribution in [-0.4, -0.2) is 19.9 Å². The minimum Gasteiger partial charge on any atom is -0.341 e. The third-order valence-electron chi connectivity index (χ3n) is 4.23. The molecule has 0 saturated heterocycles. The van der Waals surface area contributed by atoms with Gasteiger partial charge in [-0.2, -0.15) is 0 Å². The number of nitrogens with two attached hydrogens (primary N) is 1. The molecule has 0 radical (unpaired) electrons. The molecule has 3 rings (SSSR count). The van der Waals surface area contributed by atoms with Crippen LogP contribution >= 0.6 is 0 Å². The number of allylic oxidation sites excluding steroid dienone is 1. The van der Waals surface area contributed by atoms with Crippen LogP contribution in [0.25, 0.3) is 0 Å². The Labute approximate surface area is 162 Å². The van der Waals surface area contributed by atoms with E-state index >= 15 is 0 Å². The molecule has 148 valence electrons. The standard InChI is InChI=1S/C19H20F2N4O2S/c1-12(2)28(26,27)17-6-4-3-5-16(17)24-18-7-8-23-19(22,25-18)13-9-14(20)11-15(21)10-13/h3-12,24-25H,22H2,1-2H3. The van der Waals surface area contributed by atoms with Gasteiger partial charge in [-0.05, 0) is 44.2 Å². The van der Waals surface area contributed by atoms with Crippen molar-refractivity contribution in [3.63, 3.8) is 0 Å². The van der Waals surface area contributed by atoms with Gasteiger partial charge in [0.25, 0.3) is 0 Å². The van der Waals surface area contributed by atoms with Crippen molar-refractivity contribution in [3.8, 4) is 0 Å². The molecule has 1 unspecified atom stereocenters. The van der Waals surface area contributed by atoms with Crippen molar-refractivity contribution < 1.29 is 17.2 Å². The van der Waals surface area contributed by atoms with E-state index in [1.54, 1.807) is 38.1 Å². The van der Waals surface area contributed by atoms with Crippen LogP contribution < -0.4 is 16.4 Å². The average Bonchev–Trinajstić information content (AvgIpc) is 2.61. The lowest BCUT2D eigenvalue weighted by atomic mass is 10.1. The summed E-state index contributed by atoms with van der Waals surface area (Å²) in [5, 5.41) is 5.23. The highest BCUT2D eigenvalue weighted by molar-refractivity contribution is 7.92. The molecule has 0 aromatic heterocycles. The van der Waals surface area contributed by atoms with Crippen molar-refractivity contribution in [2.75, 3.05) is 5.32 Å². The van der Waals surface area contributed by atoms with Gasteiger partial charge in [0, 0.05) is 17.8 Å². The molecule has 1 heterocycles. The predicted octanol–water partition coefficient (Wildman–Crippen LogP) is 2.84. The molecule has 9 heteroatoms. The van der Waals surface area contributed by atoms with Crippen LogP contribution in [0.2, 0.25) is 0 Å². The van der Waals surface area contributed by atoms with Gasteiger partial charge < -0.3 is 10.6 Å². The van der Waals surface area contributed by atoms with Crippen LogP contribution in [0, 0.1) is 11.6 Å². The normalized spacial score (nSPS) is 19.3. The van der Waals surface area contributed by atoms with Crippen LogP contribution in [0.15, 0.2) is 64.2 Å². The molecule has 0 fully saturated rings. The zero-order valence-corrected chi connectivity index (χ0v) is 16.1. The molecule has 2 aromatic rings. The number of halogens is 2. The summed E-state index contributed by atoms with van der Waals surface area (Å²) in [6, 6.07) is 9.34. The van der Waals surface area contributed by atoms with E-state index in [1.807, 2.05) is 0 Å². The van der Waals surface area contributed by atoms with Gasteiger partial charge in [-0.25, -0.2) is 22.2 Å². The lowest BCUT2D eigenvalue weighted by molar-refractivity contribution is 0.393. The molecule has 0 amide bonds. The van der Waals surface area contributed by atoms with E-state index in [2.05, 4.69) is 15.6 Å². The third-order valence-corrected chi connectivity index (χ3v) is 6.44. The second kappa shape index (κ2) is 7.33. The predicted molar refractivity (Wildman–Crippen MR) is 104 cm³/mol. The zero-order chi connectivity index (χ0) is 20.5. The summed E-state index contributed by atoms with van der Waals surface area (Å²) in [5.74, 6) is -2.86. The van der Waals surface area contributed by atoms with Crippen molar-refractivity contribution in [1.82, 2.24) is 5.32 Å². The number of anilines is 1. The number of hydrogen-bond acceptors (Lipinski definition) is 6. The molecule has 2 aromatic carbocycles. The Morgan fingerprint density at radius 3 is 2.43 bits per heavy atom. The largest absolute Gasteiger partial charge is 0.341 e. The van der Waals surface area contributed by atoms with Gasteiger partial charge in [-0.1, -0.05) is 12.1 Å². The lowest BCUT2D eigenvalue weighted by Gasteiger charge is -2.32. The second-order valence-electron chi connectivity index (χ2n) is 6.62. The molecule has 0 saturated carbocycles. The molecule has 0 spiro atoms. The van der Waals surface area contributed by atoms with Crippen molar-refractivity contribution >= 4 is 21.7 Å². The molecular weight excluding hydrogens is 386 g/mol. The summed E-state index contributed by atoms with van der Waals surface area (Å²) < 4.78 is 52.4. The number of para-hydroxylation sites is 1. The summed E-state index contributed by atoms with van der Waals surface area (Å²) in [5.41, 5.74) is 6.62. The maximum absolute atomic E-state index is 13.6. The summed E-state index contributed by atoms with van der Waals surface area (Å²) in [7, 11) is -3.53. The van der Waals surface area contributed by atoms with Crippen molar-refractivity contribution in [1.29, 1.82) is 0 Å². The molecular formula is C19H20F2N4O2S. The van der Waals surface area contributed by atoms with E-state index in [1.165, 1.54) is 12.3 Å². The number of aliphatic imine (C=N–C) groups is 1. The molecule has 0 bridgehead atoms. The SMILES string of the molecule is CC(C)S(=O)(=O)c1ccccc1NC1=CC=NC(N)(c2cc(F)cc(F)c2)N1. The Hall–Kier alpha value is -2.78. The minimum absolute atomic E-state index is 0.0803. The van der Waals surface area contributed by atoms with Crippen molar-refractivity contribution in [2.45, 2.75) is 29.8 Å². The number of hydrogen-bond donors (Lipinski definition) is 3. The number of sulfone groups is 1. The number of nitrogens with zero attached hydrogens (tertiary/aromatic N) is 1. The first-order valence-corrected chi connectivity index (χ1v) is 10.1. The van der Waals surface area contributed by atoms with Crippen LogP contribution in [0.1, 0.15) is 19.4 Å². The topological polar surface area (TPSA) is 96.6 Å². The zero-order valence-electron chi connectivity index (χ0n) is 15.3.